The molecule has 2 aromatic heterocycles. The zero-order chi connectivity index (χ0) is 24.6. The van der Waals surface area contributed by atoms with Crippen molar-refractivity contribution >= 4 is 40.1 Å². The lowest BCUT2D eigenvalue weighted by atomic mass is 10.0. The van der Waals surface area contributed by atoms with Gasteiger partial charge in [0.15, 0.2) is 17.2 Å². The number of hydrogen-bond donors (Lipinski definition) is 2. The molecule has 1 aliphatic heterocycles. The number of hydrogen-bond acceptors (Lipinski definition) is 8. The van der Waals surface area contributed by atoms with Crippen LogP contribution in [0.15, 0.2) is 24.3 Å². The number of halogens is 1. The Morgan fingerprint density at radius 3 is 2.79 bits per heavy atom. The second-order valence-electron chi connectivity index (χ2n) is 8.44. The van der Waals surface area contributed by atoms with Gasteiger partial charge in [0, 0.05) is 12.1 Å². The highest BCUT2D eigenvalue weighted by Crippen LogP contribution is 2.32. The highest BCUT2D eigenvalue weighted by Gasteiger charge is 2.29. The van der Waals surface area contributed by atoms with Crippen molar-refractivity contribution in [1.29, 1.82) is 5.26 Å². The molecule has 0 spiro atoms. The van der Waals surface area contributed by atoms with Crippen molar-refractivity contribution in [2.45, 2.75) is 45.9 Å². The van der Waals surface area contributed by atoms with Gasteiger partial charge >= 0.3 is 5.97 Å². The second kappa shape index (κ2) is 9.41. The minimum atomic E-state index is -1.18. The molecule has 4 rings (SSSR count). The standard InChI is InChI=1S/C24H25ClN6O3/c1-12-9-16(13(2)27-17-5-6-20(25)29-22(17)24(32)33)21-18(10-12)28-19(11-26)23(30-21)31-7-8-34-15(4)14(31)3/h5-6,9-10,13-15,27H,7-8H2,1-4H3,(H,32,33)/t13-,14?,15?/m1/s1. The number of carboxylic acids is 1. The van der Waals surface area contributed by atoms with E-state index < -0.39 is 5.97 Å². The summed E-state index contributed by atoms with van der Waals surface area (Å²) in [6, 6.07) is 8.89. The lowest BCUT2D eigenvalue weighted by molar-refractivity contribution is 0.0281. The predicted molar refractivity (Wildman–Crippen MR) is 129 cm³/mol. The van der Waals surface area contributed by atoms with Gasteiger partial charge in [-0.2, -0.15) is 5.26 Å². The van der Waals surface area contributed by atoms with Gasteiger partial charge in [-0.15, -0.1) is 0 Å². The van der Waals surface area contributed by atoms with Gasteiger partial charge in [0.05, 0.1) is 41.5 Å². The van der Waals surface area contributed by atoms with Crippen molar-refractivity contribution in [2.75, 3.05) is 23.4 Å². The largest absolute Gasteiger partial charge is 0.476 e. The number of nitriles is 1. The molecule has 0 radical (unpaired) electrons. The summed E-state index contributed by atoms with van der Waals surface area (Å²) in [5, 5.41) is 22.7. The molecule has 3 aromatic rings. The number of carboxylic acid groups (broad SMARTS) is 1. The first-order valence-corrected chi connectivity index (χ1v) is 11.3. The zero-order valence-corrected chi connectivity index (χ0v) is 20.1. The number of nitrogens with one attached hydrogen (secondary N) is 1. The zero-order valence-electron chi connectivity index (χ0n) is 19.3. The maximum absolute atomic E-state index is 11.7. The van der Waals surface area contributed by atoms with E-state index in [2.05, 4.69) is 26.3 Å². The van der Waals surface area contributed by atoms with Gasteiger partial charge in [-0.25, -0.2) is 19.7 Å². The Balaban J connectivity index is 1.82. The molecule has 0 amide bonds. The number of aryl methyl sites for hydroxylation is 1. The molecule has 176 valence electrons. The lowest BCUT2D eigenvalue weighted by Crippen LogP contribution is -2.49. The van der Waals surface area contributed by atoms with E-state index in [0.717, 1.165) is 11.1 Å². The molecule has 2 N–H and O–H groups in total. The Morgan fingerprint density at radius 2 is 2.09 bits per heavy atom. The van der Waals surface area contributed by atoms with Crippen LogP contribution in [0, 0.1) is 18.3 Å². The van der Waals surface area contributed by atoms with E-state index in [1.54, 1.807) is 6.07 Å². The highest BCUT2D eigenvalue weighted by molar-refractivity contribution is 6.29. The minimum Gasteiger partial charge on any atom is -0.476 e. The molecular weight excluding hydrogens is 456 g/mol. The fourth-order valence-corrected chi connectivity index (χ4v) is 4.33. The van der Waals surface area contributed by atoms with Crippen molar-refractivity contribution < 1.29 is 14.6 Å². The van der Waals surface area contributed by atoms with Crippen LogP contribution in [-0.4, -0.2) is 51.3 Å². The number of fused-ring (bicyclic) bond motifs is 1. The van der Waals surface area contributed by atoms with Gasteiger partial charge in [-0.1, -0.05) is 17.7 Å². The number of nitrogens with zero attached hydrogens (tertiary/aromatic N) is 5. The molecule has 1 aromatic carbocycles. The molecule has 0 bridgehead atoms. The summed E-state index contributed by atoms with van der Waals surface area (Å²) < 4.78 is 5.74. The molecule has 10 heteroatoms. The molecule has 3 heterocycles. The van der Waals surface area contributed by atoms with Gasteiger partial charge in [0.2, 0.25) is 0 Å². The Labute approximate surface area is 202 Å². The number of rotatable bonds is 5. The van der Waals surface area contributed by atoms with Crippen molar-refractivity contribution in [1.82, 2.24) is 15.0 Å². The second-order valence-corrected chi connectivity index (χ2v) is 8.83. The third-order valence-electron chi connectivity index (χ3n) is 6.09. The third-order valence-corrected chi connectivity index (χ3v) is 6.30. The molecule has 2 unspecified atom stereocenters. The van der Waals surface area contributed by atoms with Crippen LogP contribution in [0.3, 0.4) is 0 Å². The molecule has 0 saturated carbocycles. The van der Waals surface area contributed by atoms with E-state index in [-0.39, 0.29) is 34.7 Å². The van der Waals surface area contributed by atoms with Crippen molar-refractivity contribution in [3.05, 3.63) is 51.9 Å². The third kappa shape index (κ3) is 4.47. The number of aromatic nitrogens is 3. The molecule has 3 atom stereocenters. The first-order valence-electron chi connectivity index (χ1n) is 11.0. The molecule has 1 fully saturated rings. The molecule has 34 heavy (non-hydrogen) atoms. The van der Waals surface area contributed by atoms with Crippen LogP contribution >= 0.6 is 11.6 Å². The van der Waals surface area contributed by atoms with E-state index in [1.807, 2.05) is 39.8 Å². The monoisotopic (exact) mass is 480 g/mol. The number of aromatic carboxylic acids is 1. The predicted octanol–water partition coefficient (Wildman–Crippen LogP) is 4.34. The van der Waals surface area contributed by atoms with E-state index >= 15 is 0 Å². The smallest absolute Gasteiger partial charge is 0.356 e. The normalized spacial score (nSPS) is 19.0. The highest BCUT2D eigenvalue weighted by atomic mass is 35.5. The van der Waals surface area contributed by atoms with Crippen LogP contribution in [0.5, 0.6) is 0 Å². The summed E-state index contributed by atoms with van der Waals surface area (Å²) >= 11 is 5.89. The summed E-state index contributed by atoms with van der Waals surface area (Å²) in [5.41, 5.74) is 3.47. The summed E-state index contributed by atoms with van der Waals surface area (Å²) in [7, 11) is 0. The molecule has 1 saturated heterocycles. The number of benzene rings is 1. The Morgan fingerprint density at radius 1 is 1.32 bits per heavy atom. The Kier molecular flexibility index (Phi) is 6.55. The number of pyridine rings is 1. The maximum atomic E-state index is 11.7. The molecule has 1 aliphatic rings. The van der Waals surface area contributed by atoms with Crippen molar-refractivity contribution in [2.24, 2.45) is 0 Å². The van der Waals surface area contributed by atoms with Gasteiger partial charge < -0.3 is 20.1 Å². The summed E-state index contributed by atoms with van der Waals surface area (Å²) in [4.78, 5) is 27.2. The summed E-state index contributed by atoms with van der Waals surface area (Å²) in [6.07, 6.45) is -0.0114. The average molecular weight is 481 g/mol. The first kappa shape index (κ1) is 23.7. The van der Waals surface area contributed by atoms with Crippen LogP contribution < -0.4 is 10.2 Å². The fourth-order valence-electron chi connectivity index (χ4n) is 4.19. The number of anilines is 2. The van der Waals surface area contributed by atoms with Gasteiger partial charge in [-0.05, 0) is 51.5 Å². The summed E-state index contributed by atoms with van der Waals surface area (Å²) in [6.45, 7) is 9.03. The maximum Gasteiger partial charge on any atom is 0.356 e. The molecule has 0 aliphatic carbocycles. The first-order chi connectivity index (χ1) is 16.2. The van der Waals surface area contributed by atoms with Gasteiger partial charge in [0.1, 0.15) is 11.2 Å². The van der Waals surface area contributed by atoms with Crippen LogP contribution in [-0.2, 0) is 4.74 Å². The SMILES string of the molecule is Cc1cc([C@@H](C)Nc2ccc(Cl)nc2C(=O)O)c2nc(N3CCOC(C)C3C)c(C#N)nc2c1. The number of carbonyl (C=O) groups is 1. The van der Waals surface area contributed by atoms with Crippen LogP contribution in [0.4, 0.5) is 11.5 Å². The Bertz CT molecular complexity index is 1310. The number of morpholine rings is 1. The van der Waals surface area contributed by atoms with Gasteiger partial charge in [-0.3, -0.25) is 0 Å². The fraction of sp³-hybridized carbons (Fsp3) is 0.375. The van der Waals surface area contributed by atoms with E-state index in [0.29, 0.717) is 35.7 Å². The number of ether oxygens (including phenoxy) is 1. The van der Waals surface area contributed by atoms with Crippen LogP contribution in [0.25, 0.3) is 11.0 Å². The van der Waals surface area contributed by atoms with Crippen molar-refractivity contribution in [3.63, 3.8) is 0 Å². The van der Waals surface area contributed by atoms with Crippen LogP contribution in [0.1, 0.15) is 54.1 Å². The minimum absolute atomic E-state index is 0.0114. The lowest BCUT2D eigenvalue weighted by Gasteiger charge is -2.38. The average Bonchev–Trinajstić information content (AvgIpc) is 2.80. The van der Waals surface area contributed by atoms with Gasteiger partial charge in [0.25, 0.3) is 0 Å². The van der Waals surface area contributed by atoms with Crippen LogP contribution in [0.2, 0.25) is 5.15 Å². The summed E-state index contributed by atoms with van der Waals surface area (Å²) in [5.74, 6) is -0.656. The van der Waals surface area contributed by atoms with E-state index in [4.69, 9.17) is 21.3 Å². The Hall–Kier alpha value is -3.48. The van der Waals surface area contributed by atoms with Crippen molar-refractivity contribution in [3.8, 4) is 6.07 Å². The van der Waals surface area contributed by atoms with E-state index in [1.165, 1.54) is 6.07 Å². The molecular formula is C24H25ClN6O3. The van der Waals surface area contributed by atoms with E-state index in [9.17, 15) is 15.2 Å². The quantitative estimate of drug-likeness (QED) is 0.513. The topological polar surface area (TPSA) is 124 Å². The molecule has 9 nitrogen and oxygen atoms in total.